The number of phenolic OH excluding ortho intramolecular Hbond substituents is 5. The molecule has 1 heterocycles. The number of ether oxygens (including phenoxy) is 2. The van der Waals surface area contributed by atoms with E-state index < -0.39 is 36.6 Å². The molecule has 8 rings (SSSR count). The number of carbonyl (C=O) groups excluding carboxylic acids is 1. The lowest BCUT2D eigenvalue weighted by molar-refractivity contribution is -0.105. The van der Waals surface area contributed by atoms with Gasteiger partial charge in [-0.2, -0.15) is 0 Å². The van der Waals surface area contributed by atoms with Crippen molar-refractivity contribution in [2.75, 3.05) is 71.5 Å². The summed E-state index contributed by atoms with van der Waals surface area (Å²) in [5, 5.41) is 184. The van der Waals surface area contributed by atoms with Crippen molar-refractivity contribution in [3.63, 3.8) is 0 Å². The van der Waals surface area contributed by atoms with Gasteiger partial charge in [-0.05, 0) is 238 Å². The molecule has 24 N–H and O–H groups in total. The lowest BCUT2D eigenvalue weighted by Crippen LogP contribution is -2.38. The number of aliphatic hydroxyl groups is 9. The Kier molecular flexibility index (Phi) is 48.6. The topological polar surface area (TPSA) is 477 Å². The number of aromatic hydroxyl groups is 8. The number of hydrogen-bond acceptors (Lipinski definition) is 27. The van der Waals surface area contributed by atoms with E-state index in [0.29, 0.717) is 90.3 Å². The zero-order chi connectivity index (χ0) is 89.5. The molecule has 7 aromatic carbocycles. The fraction of sp³-hybridized carbons (Fsp3) is 0.478. The molecule has 1 aromatic heterocycles. The molecule has 0 saturated carbocycles. The van der Waals surface area contributed by atoms with Gasteiger partial charge in [0.25, 0.3) is 0 Å². The van der Waals surface area contributed by atoms with Crippen LogP contribution in [-0.4, -0.2) is 193 Å². The Hall–Kier alpha value is -9.28. The molecule has 28 heteroatoms. The van der Waals surface area contributed by atoms with Gasteiger partial charge < -0.3 is 134 Å². The number of methoxy groups -OCH3 is 1. The second-order valence-electron chi connectivity index (χ2n) is 32.6. The van der Waals surface area contributed by atoms with Gasteiger partial charge in [0, 0.05) is 104 Å². The van der Waals surface area contributed by atoms with E-state index >= 15 is 0 Å². The van der Waals surface area contributed by atoms with E-state index in [2.05, 4.69) is 72.5 Å². The number of hydrogen-bond donors (Lipinski definition) is 24. The number of rotatable bonds is 40. The molecule has 0 aliphatic carbocycles. The molecular weight excluding hydrogens is 1540 g/mol. The average Bonchev–Trinajstić information content (AvgIpc) is 0.871. The van der Waals surface area contributed by atoms with E-state index in [4.69, 9.17) is 19.7 Å². The third kappa shape index (κ3) is 44.8. The van der Waals surface area contributed by atoms with Crippen molar-refractivity contribution in [3.05, 3.63) is 219 Å². The van der Waals surface area contributed by atoms with Crippen LogP contribution in [-0.2, 0) is 42.2 Å². The highest BCUT2D eigenvalue weighted by Gasteiger charge is 2.20. The lowest BCUT2D eigenvalue weighted by atomic mass is 10.0. The number of aromatic nitrogens is 1. The monoisotopic (exact) mass is 1680 g/mol. The molecule has 0 aliphatic rings. The Labute approximate surface area is 708 Å². The van der Waals surface area contributed by atoms with Crippen LogP contribution in [0.4, 0.5) is 5.69 Å². The normalized spacial score (nSPS) is 13.1. The maximum Gasteiger partial charge on any atom is 0.211 e. The van der Waals surface area contributed by atoms with E-state index in [0.717, 1.165) is 70.5 Å². The Morgan fingerprint density at radius 3 is 1.32 bits per heavy atom. The molecule has 0 radical (unpaired) electrons. The molecule has 8 aromatic rings. The van der Waals surface area contributed by atoms with Crippen LogP contribution >= 0.6 is 0 Å². The van der Waals surface area contributed by atoms with Crippen molar-refractivity contribution < 1.29 is 101 Å². The van der Waals surface area contributed by atoms with Gasteiger partial charge in [-0.15, -0.1) is 0 Å². The largest absolute Gasteiger partial charge is 0.508 e. The first-order chi connectivity index (χ1) is 56.7. The first kappa shape index (κ1) is 105. The summed E-state index contributed by atoms with van der Waals surface area (Å²) in [7, 11) is 1.64. The smallest absolute Gasteiger partial charge is 0.211 e. The Morgan fingerprint density at radius 1 is 0.417 bits per heavy atom. The molecule has 5 unspecified atom stereocenters. The van der Waals surface area contributed by atoms with Crippen LogP contribution in [0.1, 0.15) is 220 Å². The molecule has 7 atom stereocenters. The predicted octanol–water partition coefficient (Wildman–Crippen LogP) is 11.0. The number of amides is 1. The van der Waals surface area contributed by atoms with Gasteiger partial charge in [-0.1, -0.05) is 87.4 Å². The number of unbranched alkanes of at least 4 members (excludes halogenated alkanes) is 4. The number of β-amino-alcohol motifs (C(OH)–C–C–N with tert-alkyl or cyclic N) is 3. The van der Waals surface area contributed by atoms with Crippen LogP contribution in [0.5, 0.6) is 51.7 Å². The summed E-state index contributed by atoms with van der Waals surface area (Å²) >= 11 is 0. The van der Waals surface area contributed by atoms with E-state index in [9.17, 15) is 81.4 Å². The Bertz CT molecular complexity index is 4030. The molecule has 0 saturated heterocycles. The van der Waals surface area contributed by atoms with Crippen molar-refractivity contribution in [2.45, 2.75) is 220 Å². The summed E-state index contributed by atoms with van der Waals surface area (Å²) in [5.41, 5.74) is 7.10. The summed E-state index contributed by atoms with van der Waals surface area (Å²) < 4.78 is 10.9. The molecular formula is C92H138N8O20. The summed E-state index contributed by atoms with van der Waals surface area (Å²) in [4.78, 5) is 14.5. The van der Waals surface area contributed by atoms with Crippen LogP contribution in [0.2, 0.25) is 0 Å². The highest BCUT2D eigenvalue weighted by Crippen LogP contribution is 2.30. The van der Waals surface area contributed by atoms with Crippen molar-refractivity contribution in [1.82, 2.24) is 36.9 Å². The Balaban J connectivity index is 0.000000380. The fourth-order valence-electron chi connectivity index (χ4n) is 11.3. The van der Waals surface area contributed by atoms with Gasteiger partial charge in [-0.25, -0.2) is 4.98 Å². The van der Waals surface area contributed by atoms with Gasteiger partial charge in [0.15, 0.2) is 0 Å². The molecule has 120 heavy (non-hydrogen) atoms. The van der Waals surface area contributed by atoms with E-state index in [1.165, 1.54) is 78.2 Å². The summed E-state index contributed by atoms with van der Waals surface area (Å²) in [5.74, 6) is 0.629. The summed E-state index contributed by atoms with van der Waals surface area (Å²) in [6.07, 6.45) is 4.90. The molecule has 0 fully saturated rings. The second-order valence-corrected chi connectivity index (χ2v) is 32.6. The number of aryl methyl sites for hydroxylation is 1. The number of phenols is 7. The molecule has 1 amide bonds. The lowest BCUT2D eigenvalue weighted by Gasteiger charge is -2.23. The van der Waals surface area contributed by atoms with Gasteiger partial charge >= 0.3 is 0 Å². The van der Waals surface area contributed by atoms with Crippen LogP contribution in [0, 0.1) is 0 Å². The molecule has 28 nitrogen and oxygen atoms in total. The third-order valence-corrected chi connectivity index (χ3v) is 18.2. The zero-order valence-electron chi connectivity index (χ0n) is 72.1. The van der Waals surface area contributed by atoms with E-state index in [1.54, 1.807) is 49.6 Å². The molecule has 666 valence electrons. The van der Waals surface area contributed by atoms with Crippen molar-refractivity contribution >= 4 is 12.1 Å². The number of pyridine rings is 1. The number of aliphatic hydroxyl groups excluding tert-OH is 9. The second kappa shape index (κ2) is 55.6. The highest BCUT2D eigenvalue weighted by molar-refractivity contribution is 5.75. The van der Waals surface area contributed by atoms with Crippen LogP contribution in [0.25, 0.3) is 0 Å². The summed E-state index contributed by atoms with van der Waals surface area (Å²) in [6, 6.07) is 44.3. The van der Waals surface area contributed by atoms with Crippen LogP contribution < -0.4 is 42.0 Å². The van der Waals surface area contributed by atoms with Crippen LogP contribution in [0.15, 0.2) is 158 Å². The predicted molar refractivity (Wildman–Crippen MR) is 469 cm³/mol. The zero-order valence-corrected chi connectivity index (χ0v) is 72.1. The SMILES string of the molecule is CC(C)(C)NCC(O)c1cc(O)cc(O)c1.CC(C)(C)NCC(O)c1ccc(O)c(CO)c1.CC(C)(C)NCC(O)c1ccc(O)c(CO)n1.CC(C)NCC(O)c1cc(O)cc(O)c1.COc1ccc(C[C@@H](C)NC[C@H](O)c2ccc(O)c(NC=O)c2)cc1.OCc1cc(C(O)CNCCCCCCOCCCCc2ccccc2)ccc1O. The van der Waals surface area contributed by atoms with Crippen molar-refractivity contribution in [3.8, 4) is 51.7 Å². The van der Waals surface area contributed by atoms with E-state index in [-0.39, 0.29) is 106 Å². The molecule has 0 bridgehead atoms. The summed E-state index contributed by atoms with van der Waals surface area (Å²) in [6.45, 7) is 28.2. The van der Waals surface area contributed by atoms with Crippen molar-refractivity contribution in [2.24, 2.45) is 0 Å². The van der Waals surface area contributed by atoms with Gasteiger partial charge in [0.2, 0.25) is 6.41 Å². The minimum Gasteiger partial charge on any atom is -0.508 e. The van der Waals surface area contributed by atoms with Gasteiger partial charge in [0.05, 0.1) is 68.8 Å². The number of nitrogens with one attached hydrogen (secondary N) is 7. The average molecular weight is 1680 g/mol. The first-order valence-corrected chi connectivity index (χ1v) is 40.7. The van der Waals surface area contributed by atoms with Gasteiger partial charge in [0.1, 0.15) is 63.5 Å². The highest BCUT2D eigenvalue weighted by atomic mass is 16.5. The standard InChI is InChI=1S/C25H37NO4.C19H24N2O4.C13H21NO3.C12H20N2O3.C12H19NO3.C11H17NO3/c27-20-23-18-22(13-14-24(23)28)25(29)19-26-15-7-1-2-8-16-30-17-9-6-12-21-10-4-3-5-11-21;1-13(9-14-3-6-16(25-2)7-4-14)20-11-19(24)15-5-8-18(23)17(10-15)21-12-22;1-13(2,3)14-7-12(17)9-4-5-11(16)10(6-9)8-15;1-12(2,3)13-6-11(17)8-4-5-10(16)9(7-15)14-8;1-12(2,3)13-7-11(16)8-4-9(14)6-10(15)5-8;1-7(2)12-6-11(15)8-3-9(13)5-10(14)4-8/h3-5,10-11,13-14,18,25-29H,1-2,6-9,12,15-17,19-20H2;3-8,10,12-13,19-20,23-24H,9,11H2,1-2H3,(H,21,22);4-6,12,14-17H,7-8H2,1-3H3;4-5,11,13,15-17H,6-7H2,1-3H3;4-6,11,13-16H,7H2,1-3H3;3-5,7,11-15H,6H2,1-2H3/t;13-,19+;;;;/m.1..../s1. The number of nitrogens with zero attached hydrogens (tertiary/aromatic N) is 1. The maximum absolute atomic E-state index is 10.5. The quantitative estimate of drug-likeness (QED) is 0.00963. The number of carbonyl (C=O) groups is 1. The molecule has 0 aliphatic heterocycles. The Morgan fingerprint density at radius 2 is 0.850 bits per heavy atom. The molecule has 0 spiro atoms. The minimum atomic E-state index is -0.764. The van der Waals surface area contributed by atoms with Crippen molar-refractivity contribution in [1.29, 1.82) is 0 Å². The van der Waals surface area contributed by atoms with Crippen LogP contribution in [0.3, 0.4) is 0 Å². The van der Waals surface area contributed by atoms with E-state index in [1.807, 2.05) is 107 Å². The van der Waals surface area contributed by atoms with Gasteiger partial charge in [-0.3, -0.25) is 4.79 Å². The first-order valence-electron chi connectivity index (χ1n) is 40.7. The minimum absolute atomic E-state index is 0.0381. The maximum atomic E-state index is 10.5. The third-order valence-electron chi connectivity index (χ3n) is 18.2. The number of anilines is 1. The fourth-order valence-corrected chi connectivity index (χ4v) is 11.3. The number of benzene rings is 7.